The van der Waals surface area contributed by atoms with E-state index in [-0.39, 0.29) is 37.7 Å². The number of nitrogens with two attached hydrogens (primary N) is 1. The van der Waals surface area contributed by atoms with Gasteiger partial charge in [-0.3, -0.25) is 4.79 Å². The van der Waals surface area contributed by atoms with Crippen molar-refractivity contribution in [2.75, 3.05) is 19.8 Å². The van der Waals surface area contributed by atoms with Crippen LogP contribution in [0.2, 0.25) is 0 Å². The van der Waals surface area contributed by atoms with Gasteiger partial charge in [0.1, 0.15) is 17.0 Å². The SMILES string of the molecule is CCOC(=O)C(CN)(CC(C)CO)c1cc(F)cc(F)c1. The first-order valence-electron chi connectivity index (χ1n) is 6.84. The van der Waals surface area contributed by atoms with Gasteiger partial charge in [0, 0.05) is 19.2 Å². The molecule has 0 aliphatic rings. The second-order valence-electron chi connectivity index (χ2n) is 5.16. The van der Waals surface area contributed by atoms with Crippen LogP contribution >= 0.6 is 0 Å². The van der Waals surface area contributed by atoms with Crippen molar-refractivity contribution in [1.29, 1.82) is 0 Å². The van der Waals surface area contributed by atoms with Crippen LogP contribution in [0.25, 0.3) is 0 Å². The molecule has 0 aromatic heterocycles. The predicted molar refractivity (Wildman–Crippen MR) is 74.6 cm³/mol. The minimum absolute atomic E-state index is 0.126. The Morgan fingerprint density at radius 3 is 2.38 bits per heavy atom. The molecule has 1 rings (SSSR count). The second-order valence-corrected chi connectivity index (χ2v) is 5.16. The van der Waals surface area contributed by atoms with Gasteiger partial charge in [0.05, 0.1) is 6.61 Å². The lowest BCUT2D eigenvalue weighted by Crippen LogP contribution is -2.46. The van der Waals surface area contributed by atoms with E-state index in [1.54, 1.807) is 13.8 Å². The van der Waals surface area contributed by atoms with E-state index in [9.17, 15) is 18.7 Å². The van der Waals surface area contributed by atoms with Crippen molar-refractivity contribution < 1.29 is 23.4 Å². The Bertz CT molecular complexity index is 476. The molecule has 1 aromatic rings. The summed E-state index contributed by atoms with van der Waals surface area (Å²) in [6.07, 6.45) is 0.141. The smallest absolute Gasteiger partial charge is 0.317 e. The third-order valence-corrected chi connectivity index (χ3v) is 3.44. The zero-order chi connectivity index (χ0) is 16.0. The Hall–Kier alpha value is -1.53. The van der Waals surface area contributed by atoms with Crippen molar-refractivity contribution in [3.63, 3.8) is 0 Å². The average Bonchev–Trinajstić information content (AvgIpc) is 2.43. The molecule has 0 aliphatic heterocycles. The molecule has 0 aliphatic carbocycles. The first-order valence-corrected chi connectivity index (χ1v) is 6.84. The summed E-state index contributed by atoms with van der Waals surface area (Å²) in [6.45, 7) is 3.16. The highest BCUT2D eigenvalue weighted by Crippen LogP contribution is 2.33. The van der Waals surface area contributed by atoms with Crippen molar-refractivity contribution in [3.8, 4) is 0 Å². The number of aliphatic hydroxyl groups is 1. The monoisotopic (exact) mass is 301 g/mol. The fraction of sp³-hybridized carbons (Fsp3) is 0.533. The van der Waals surface area contributed by atoms with E-state index in [1.807, 2.05) is 0 Å². The van der Waals surface area contributed by atoms with E-state index in [1.165, 1.54) is 0 Å². The summed E-state index contributed by atoms with van der Waals surface area (Å²) in [5, 5.41) is 9.22. The lowest BCUT2D eigenvalue weighted by molar-refractivity contribution is -0.150. The van der Waals surface area contributed by atoms with Crippen LogP contribution in [0.3, 0.4) is 0 Å². The van der Waals surface area contributed by atoms with Crippen LogP contribution in [0.5, 0.6) is 0 Å². The summed E-state index contributed by atoms with van der Waals surface area (Å²) in [5.74, 6) is -2.49. The highest BCUT2D eigenvalue weighted by Gasteiger charge is 2.42. The fourth-order valence-electron chi connectivity index (χ4n) is 2.36. The third kappa shape index (κ3) is 3.98. The van der Waals surface area contributed by atoms with Crippen molar-refractivity contribution >= 4 is 5.97 Å². The molecular weight excluding hydrogens is 280 g/mol. The molecular formula is C15H21F2NO3. The first-order chi connectivity index (χ1) is 9.89. The maximum atomic E-state index is 13.5. The number of ether oxygens (including phenoxy) is 1. The molecule has 2 atom stereocenters. The molecule has 0 spiro atoms. The quantitative estimate of drug-likeness (QED) is 0.753. The molecule has 0 bridgehead atoms. The average molecular weight is 301 g/mol. The van der Waals surface area contributed by atoms with Crippen LogP contribution < -0.4 is 5.73 Å². The molecule has 21 heavy (non-hydrogen) atoms. The van der Waals surface area contributed by atoms with Gasteiger partial charge in [-0.05, 0) is 37.0 Å². The van der Waals surface area contributed by atoms with Crippen LogP contribution in [0.15, 0.2) is 18.2 Å². The number of aliphatic hydroxyl groups excluding tert-OH is 1. The Labute approximate surface area is 122 Å². The first kappa shape index (κ1) is 17.5. The normalized spacial score (nSPS) is 15.3. The van der Waals surface area contributed by atoms with Crippen molar-refractivity contribution in [2.24, 2.45) is 11.7 Å². The molecule has 1 aromatic carbocycles. The number of carbonyl (C=O) groups is 1. The van der Waals surface area contributed by atoms with E-state index < -0.39 is 23.0 Å². The maximum absolute atomic E-state index is 13.5. The second kappa shape index (κ2) is 7.47. The minimum Gasteiger partial charge on any atom is -0.465 e. The Morgan fingerprint density at radius 2 is 1.95 bits per heavy atom. The topological polar surface area (TPSA) is 72.5 Å². The van der Waals surface area contributed by atoms with Gasteiger partial charge in [-0.2, -0.15) is 0 Å². The summed E-state index contributed by atoms with van der Waals surface area (Å²) in [4.78, 5) is 12.3. The summed E-state index contributed by atoms with van der Waals surface area (Å²) in [7, 11) is 0. The maximum Gasteiger partial charge on any atom is 0.317 e. The fourth-order valence-corrected chi connectivity index (χ4v) is 2.36. The number of carbonyl (C=O) groups excluding carboxylic acids is 1. The van der Waals surface area contributed by atoms with E-state index in [0.717, 1.165) is 18.2 Å². The Morgan fingerprint density at radius 1 is 1.38 bits per heavy atom. The number of halogens is 2. The molecule has 118 valence electrons. The van der Waals surface area contributed by atoms with Gasteiger partial charge in [0.25, 0.3) is 0 Å². The van der Waals surface area contributed by atoms with Crippen molar-refractivity contribution in [3.05, 3.63) is 35.4 Å². The van der Waals surface area contributed by atoms with Crippen LogP contribution in [-0.2, 0) is 14.9 Å². The predicted octanol–water partition coefficient (Wildman–Crippen LogP) is 1.74. The molecule has 4 nitrogen and oxygen atoms in total. The van der Waals surface area contributed by atoms with Crippen molar-refractivity contribution in [2.45, 2.75) is 25.7 Å². The lowest BCUT2D eigenvalue weighted by atomic mass is 9.74. The van der Waals surface area contributed by atoms with Gasteiger partial charge >= 0.3 is 5.97 Å². The molecule has 2 unspecified atom stereocenters. The molecule has 0 fully saturated rings. The molecule has 0 saturated heterocycles. The van der Waals surface area contributed by atoms with E-state index in [4.69, 9.17) is 10.5 Å². The molecule has 0 saturated carbocycles. The Balaban J connectivity index is 3.36. The summed E-state index contributed by atoms with van der Waals surface area (Å²) in [6, 6.07) is 2.89. The van der Waals surface area contributed by atoms with E-state index >= 15 is 0 Å². The third-order valence-electron chi connectivity index (χ3n) is 3.44. The van der Waals surface area contributed by atoms with Gasteiger partial charge < -0.3 is 15.6 Å². The molecule has 6 heteroatoms. The molecule has 3 N–H and O–H groups in total. The Kier molecular flexibility index (Phi) is 6.23. The summed E-state index contributed by atoms with van der Waals surface area (Å²) in [5.41, 5.74) is 4.50. The molecule has 0 heterocycles. The zero-order valence-corrected chi connectivity index (χ0v) is 12.2. The largest absolute Gasteiger partial charge is 0.465 e. The van der Waals surface area contributed by atoms with Gasteiger partial charge in [-0.25, -0.2) is 8.78 Å². The van der Waals surface area contributed by atoms with Crippen LogP contribution in [-0.4, -0.2) is 30.8 Å². The molecule has 0 radical (unpaired) electrons. The van der Waals surface area contributed by atoms with E-state index in [0.29, 0.717) is 0 Å². The van der Waals surface area contributed by atoms with Crippen molar-refractivity contribution in [1.82, 2.24) is 0 Å². The number of rotatable bonds is 7. The number of esters is 1. The van der Waals surface area contributed by atoms with Gasteiger partial charge in [-0.1, -0.05) is 6.92 Å². The standard InChI is InChI=1S/C15H21F2NO3/c1-3-21-14(20)15(9-18,7-10(2)8-19)11-4-12(16)6-13(17)5-11/h4-6,10,19H,3,7-9,18H2,1-2H3. The lowest BCUT2D eigenvalue weighted by Gasteiger charge is -2.32. The van der Waals surface area contributed by atoms with Gasteiger partial charge in [0.2, 0.25) is 0 Å². The van der Waals surface area contributed by atoms with Crippen LogP contribution in [0, 0.1) is 17.6 Å². The zero-order valence-electron chi connectivity index (χ0n) is 12.2. The van der Waals surface area contributed by atoms with Gasteiger partial charge in [0.15, 0.2) is 0 Å². The summed E-state index contributed by atoms with van der Waals surface area (Å²) < 4.78 is 32.0. The van der Waals surface area contributed by atoms with Crippen LogP contribution in [0.4, 0.5) is 8.78 Å². The molecule has 0 amide bonds. The van der Waals surface area contributed by atoms with Gasteiger partial charge in [-0.15, -0.1) is 0 Å². The summed E-state index contributed by atoms with van der Waals surface area (Å²) >= 11 is 0. The highest BCUT2D eigenvalue weighted by atomic mass is 19.1. The van der Waals surface area contributed by atoms with E-state index in [2.05, 4.69) is 0 Å². The van der Waals surface area contributed by atoms with Crippen LogP contribution in [0.1, 0.15) is 25.8 Å². The number of hydrogen-bond acceptors (Lipinski definition) is 4. The number of hydrogen-bond donors (Lipinski definition) is 2. The number of benzene rings is 1. The minimum atomic E-state index is -1.37. The highest BCUT2D eigenvalue weighted by molar-refractivity contribution is 5.83.